The molecule has 0 saturated carbocycles. The number of carboxylic acids is 4. The van der Waals surface area contributed by atoms with Crippen molar-refractivity contribution in [2.45, 2.75) is 280 Å². The van der Waals surface area contributed by atoms with Crippen molar-refractivity contribution in [2.75, 3.05) is 32.0 Å². The summed E-state index contributed by atoms with van der Waals surface area (Å²) in [5.74, 6) is -30.8. The van der Waals surface area contributed by atoms with Crippen LogP contribution in [0.5, 0.6) is 0 Å². The number of aliphatic carboxylic acids is 4. The summed E-state index contributed by atoms with van der Waals surface area (Å²) < 4.78 is 11.0. The fourth-order valence-electron chi connectivity index (χ4n) is 13.5. The number of fused-ring (bicyclic) bond motifs is 1. The molecule has 25 N–H and O–H groups in total. The molecular weight excluding hydrogens is 1710 g/mol. The molecule has 3 aromatic rings. The third kappa shape index (κ3) is 40.3. The zero-order valence-electron chi connectivity index (χ0n) is 73.6. The number of carbonyl (C=O) groups is 21. The van der Waals surface area contributed by atoms with Gasteiger partial charge in [-0.25, -0.2) is 9.59 Å². The molecule has 14 atom stereocenters. The topological polar surface area (TPSA) is 735 Å². The van der Waals surface area contributed by atoms with Gasteiger partial charge in [-0.1, -0.05) is 121 Å². The van der Waals surface area contributed by atoms with Crippen LogP contribution in [0.2, 0.25) is 0 Å². The molecule has 2 aromatic carbocycles. The number of H-pyrrole nitrogens is 1. The summed E-state index contributed by atoms with van der Waals surface area (Å²) in [7, 11) is 0. The minimum Gasteiger partial charge on any atom is -0.481 e. The van der Waals surface area contributed by atoms with E-state index in [0.29, 0.717) is 22.9 Å². The Labute approximate surface area is 748 Å². The van der Waals surface area contributed by atoms with Crippen LogP contribution in [0.1, 0.15) is 206 Å². The summed E-state index contributed by atoms with van der Waals surface area (Å²) in [5, 5.41) is 92.4. The number of unbranched alkanes of at least 4 members (excludes halogenated alkanes) is 11. The second-order valence-electron chi connectivity index (χ2n) is 32.6. The molecular formula is C84H123N17O29. The first-order valence-corrected chi connectivity index (χ1v) is 42.7. The second-order valence-corrected chi connectivity index (χ2v) is 32.6. The molecule has 0 radical (unpaired) electrons. The number of aliphatic hydroxyl groups excluding tert-OH is 2. The van der Waals surface area contributed by atoms with Gasteiger partial charge in [0.1, 0.15) is 78.2 Å². The average Bonchev–Trinajstić information content (AvgIpc) is 1.66. The fourth-order valence-corrected chi connectivity index (χ4v) is 13.5. The smallest absolute Gasteiger partial charge is 0.407 e. The van der Waals surface area contributed by atoms with E-state index in [1.165, 1.54) is 83.3 Å². The van der Waals surface area contributed by atoms with Crippen LogP contribution < -0.4 is 85.9 Å². The van der Waals surface area contributed by atoms with Crippen LogP contribution in [0.4, 0.5) is 10.5 Å². The van der Waals surface area contributed by atoms with Crippen LogP contribution in [0.3, 0.4) is 0 Å². The van der Waals surface area contributed by atoms with E-state index in [1.54, 1.807) is 24.3 Å². The fraction of sp³-hybridized carbons (Fsp3) is 0.583. The maximum Gasteiger partial charge on any atom is 0.407 e. The summed E-state index contributed by atoms with van der Waals surface area (Å²) in [4.78, 5) is 292. The van der Waals surface area contributed by atoms with Crippen molar-refractivity contribution in [1.29, 1.82) is 0 Å². The number of carboxylic acid groups (broad SMARTS) is 4. The van der Waals surface area contributed by atoms with E-state index in [2.05, 4.69) is 70.4 Å². The molecule has 1 aliphatic heterocycles. The maximum absolute atomic E-state index is 15.0. The van der Waals surface area contributed by atoms with Crippen molar-refractivity contribution >= 4 is 141 Å². The molecule has 130 heavy (non-hydrogen) atoms. The number of aromatic nitrogens is 1. The number of anilines is 1. The highest BCUT2D eigenvalue weighted by Crippen LogP contribution is 2.23. The van der Waals surface area contributed by atoms with E-state index in [0.717, 1.165) is 59.3 Å². The second kappa shape index (κ2) is 55.3. The molecule has 15 amide bonds. The van der Waals surface area contributed by atoms with Crippen LogP contribution in [-0.4, -0.2) is 271 Å². The van der Waals surface area contributed by atoms with Gasteiger partial charge in [0, 0.05) is 47.7 Å². The molecule has 0 spiro atoms. The number of para-hydroxylation sites is 2. The van der Waals surface area contributed by atoms with Crippen molar-refractivity contribution < 1.29 is 141 Å². The number of hydrogen-bond donors (Lipinski definition) is 23. The van der Waals surface area contributed by atoms with Gasteiger partial charge in [0.05, 0.1) is 64.3 Å². The van der Waals surface area contributed by atoms with E-state index in [9.17, 15) is 131 Å². The zero-order valence-corrected chi connectivity index (χ0v) is 73.6. The number of alkyl carbamates (subject to hydrolysis) is 1. The van der Waals surface area contributed by atoms with Gasteiger partial charge in [0.2, 0.25) is 82.7 Å². The number of carbonyl (C=O) groups excluding carboxylic acids is 17. The quantitative estimate of drug-likeness (QED) is 0.0122. The first-order valence-electron chi connectivity index (χ1n) is 42.7. The number of esters is 1. The number of ether oxygens (including phenoxy) is 2. The number of cyclic esters (lactones) is 1. The Morgan fingerprint density at radius 3 is 1.65 bits per heavy atom. The average molecular weight is 1830 g/mol. The Morgan fingerprint density at radius 1 is 0.546 bits per heavy atom. The lowest BCUT2D eigenvalue weighted by Crippen LogP contribution is -2.62. The lowest BCUT2D eigenvalue weighted by molar-refractivity contribution is -0.156. The monoisotopic (exact) mass is 1830 g/mol. The minimum atomic E-state index is -2.51. The van der Waals surface area contributed by atoms with Gasteiger partial charge in [-0.2, -0.15) is 0 Å². The number of rotatable bonds is 43. The minimum absolute atomic E-state index is 0.213. The van der Waals surface area contributed by atoms with Crippen molar-refractivity contribution in [3.05, 3.63) is 65.9 Å². The van der Waals surface area contributed by atoms with Gasteiger partial charge in [-0.05, 0) is 83.6 Å². The van der Waals surface area contributed by atoms with Crippen LogP contribution in [0.25, 0.3) is 10.9 Å². The zero-order chi connectivity index (χ0) is 97.1. The van der Waals surface area contributed by atoms with Crippen molar-refractivity contribution in [1.82, 2.24) is 79.4 Å². The summed E-state index contributed by atoms with van der Waals surface area (Å²) in [6, 6.07) is -11.5. The Hall–Kier alpha value is -13.4. The Morgan fingerprint density at radius 2 is 1.07 bits per heavy atom. The van der Waals surface area contributed by atoms with E-state index >= 15 is 0 Å². The molecule has 1 aliphatic rings. The summed E-state index contributed by atoms with van der Waals surface area (Å²) in [6.45, 7) is 5.49. The number of nitrogens with one attached hydrogen (secondary N) is 15. The molecule has 0 aliphatic carbocycles. The van der Waals surface area contributed by atoms with Gasteiger partial charge in [0.15, 0.2) is 5.78 Å². The number of amides is 15. The number of aliphatic hydroxyl groups is 2. The number of ketones is 1. The van der Waals surface area contributed by atoms with Crippen LogP contribution in [0, 0.1) is 5.92 Å². The normalized spacial score (nSPS) is 20.4. The highest BCUT2D eigenvalue weighted by molar-refractivity contribution is 6.05. The van der Waals surface area contributed by atoms with E-state index in [1.807, 2.05) is 16.0 Å². The number of nitrogen functional groups attached to an aromatic ring is 1. The SMILES string of the molecule is CCCCCCCCCCCCCCC(O)CC(=O)NC(Cc1c[nH]c2ccccc12)C(=O)NC(CC(N)=O)C(=O)NC(CC(=O)O)C(=O)NC1C(=O)NCC(=O)NC(CCCNC(=O)OC(C)(C)C)C(=O)NC(CC(=O)O)C(=O)NC(C)C(=O)NC(CC(=O)O)C(=O)NCC(=O)NC(CO)C(=O)NC(C(C)CC(=O)O)C(=O)NC(CC(=O)c2ccccc2N)C(=O)OC1C. The molecule has 4 rings (SSSR count). The van der Waals surface area contributed by atoms with E-state index in [4.69, 9.17) is 20.9 Å². The molecule has 1 fully saturated rings. The van der Waals surface area contributed by atoms with Crippen molar-refractivity contribution in [3.63, 3.8) is 0 Å². The number of benzene rings is 2. The van der Waals surface area contributed by atoms with Gasteiger partial charge in [0.25, 0.3) is 0 Å². The summed E-state index contributed by atoms with van der Waals surface area (Å²) >= 11 is 0. The predicted molar refractivity (Wildman–Crippen MR) is 459 cm³/mol. The van der Waals surface area contributed by atoms with Crippen LogP contribution in [0.15, 0.2) is 54.7 Å². The number of hydrogen-bond acceptors (Lipinski definition) is 26. The van der Waals surface area contributed by atoms with E-state index in [-0.39, 0.29) is 37.1 Å². The molecule has 0 bridgehead atoms. The highest BCUT2D eigenvalue weighted by atomic mass is 16.6. The van der Waals surface area contributed by atoms with Crippen LogP contribution >= 0.6 is 0 Å². The summed E-state index contributed by atoms with van der Waals surface area (Å²) in [6.07, 6.45) is 1.15. The molecule has 14 unspecified atom stereocenters. The molecule has 46 heteroatoms. The van der Waals surface area contributed by atoms with Gasteiger partial charge < -0.3 is 131 Å². The number of primary amides is 1. The number of aromatic amines is 1. The van der Waals surface area contributed by atoms with Gasteiger partial charge >= 0.3 is 35.9 Å². The van der Waals surface area contributed by atoms with Crippen molar-refractivity contribution in [2.24, 2.45) is 11.7 Å². The lowest BCUT2D eigenvalue weighted by Gasteiger charge is -2.30. The first-order chi connectivity index (χ1) is 61.3. The largest absolute Gasteiger partial charge is 0.481 e. The summed E-state index contributed by atoms with van der Waals surface area (Å²) in [5.41, 5.74) is 11.3. The lowest BCUT2D eigenvalue weighted by atomic mass is 9.96. The van der Waals surface area contributed by atoms with Gasteiger partial charge in [-0.3, -0.25) is 91.1 Å². The number of Topliss-reactive ketones (excluding diaryl/α,β-unsaturated/α-hetero) is 1. The third-order valence-corrected chi connectivity index (χ3v) is 20.3. The maximum atomic E-state index is 15.0. The Bertz CT molecular complexity index is 4480. The highest BCUT2D eigenvalue weighted by Gasteiger charge is 2.42. The standard InChI is InChI=1S/C84H123N17O29/c1-8-9-10-11-12-13-14-15-16-17-18-19-25-48(103)34-63(106)93-54(33-47-40-88-52-29-23-21-26-49(47)52)76(121)96-55(36-62(86)105)77(122)98-58(39-69(115)116)78(123)101-71-46(4)129-82(127)59(35-61(104)50-27-20-22-28-51(50)85)99-81(126)70(44(2)32-66(109)110)100-79(124)60(43-102)94-65(108)41-89-73(118)56(37-67(111)112)95-72(117)45(3)91-75(120)57(38-68(113)114)97-74(119)53(92-64(107)42-90-80(71)125)30-24-31-87-83(128)130-84(5,6)7/h20-23,26-29,40,44-46,48,53-60,70-71,88,102-103H,8-19,24-25,30-39,41-43,85H2,1-7H3,(H2,86,105)(H,87,128)(H,89,118)(H,90,125)(H,91,120)(H,92,107)(H,93,106)(H,94,108)(H,95,117)(H,96,121)(H,97,119)(H,98,122)(H,99,126)(H,100,124)(H,101,123)(H,109,110)(H,111,112)(H,113,114)(H,115,116). The molecule has 1 saturated heterocycles. The first kappa shape index (κ1) is 109. The predicted octanol–water partition coefficient (Wildman–Crippen LogP) is -2.35. The Kier molecular flexibility index (Phi) is 46.4. The molecule has 1 aromatic heterocycles. The van der Waals surface area contributed by atoms with Gasteiger partial charge in [-0.15, -0.1) is 0 Å². The van der Waals surface area contributed by atoms with E-state index < -0.39 is 286 Å². The molecule has 46 nitrogen and oxygen atoms in total. The Balaban J connectivity index is 1.87. The number of nitrogens with two attached hydrogens (primary N) is 2. The van der Waals surface area contributed by atoms with Crippen LogP contribution in [-0.2, 0) is 107 Å². The molecule has 718 valence electrons. The third-order valence-electron chi connectivity index (χ3n) is 20.3. The van der Waals surface area contributed by atoms with Crippen molar-refractivity contribution in [3.8, 4) is 0 Å². The molecule has 2 heterocycles.